The zero-order valence-corrected chi connectivity index (χ0v) is 9.03. The van der Waals surface area contributed by atoms with E-state index in [0.29, 0.717) is 18.6 Å². The summed E-state index contributed by atoms with van der Waals surface area (Å²) in [6.07, 6.45) is 1.05. The molecule has 3 nitrogen and oxygen atoms in total. The lowest BCUT2D eigenvalue weighted by atomic mass is 10.2. The van der Waals surface area contributed by atoms with Crippen molar-refractivity contribution in [2.24, 2.45) is 0 Å². The van der Waals surface area contributed by atoms with E-state index >= 15 is 0 Å². The van der Waals surface area contributed by atoms with Crippen LogP contribution in [0.4, 0.5) is 4.39 Å². The number of rotatable bonds is 5. The van der Waals surface area contributed by atoms with E-state index in [9.17, 15) is 14.0 Å². The van der Waals surface area contributed by atoms with Crippen LogP contribution in [-0.2, 0) is 9.59 Å². The van der Waals surface area contributed by atoms with Gasteiger partial charge >= 0.3 is 5.97 Å². The van der Waals surface area contributed by atoms with Gasteiger partial charge in [-0.15, -0.1) is 0 Å². The summed E-state index contributed by atoms with van der Waals surface area (Å²) < 4.78 is 17.5. The highest BCUT2D eigenvalue weighted by molar-refractivity contribution is 5.77. The van der Waals surface area contributed by atoms with Crippen LogP contribution in [0.25, 0.3) is 0 Å². The van der Waals surface area contributed by atoms with Gasteiger partial charge < -0.3 is 9.53 Å². The molecule has 1 rings (SSSR count). The molecule has 0 amide bonds. The normalized spacial score (nSPS) is 9.88. The average Bonchev–Trinajstić information content (AvgIpc) is 2.21. The average molecular weight is 224 g/mol. The van der Waals surface area contributed by atoms with E-state index in [0.717, 1.165) is 0 Å². The Morgan fingerprint density at radius 1 is 1.19 bits per heavy atom. The minimum absolute atomic E-state index is 0.0505. The monoisotopic (exact) mass is 224 g/mol. The minimum Gasteiger partial charge on any atom is -0.427 e. The molecule has 16 heavy (non-hydrogen) atoms. The molecule has 86 valence electrons. The van der Waals surface area contributed by atoms with Crippen molar-refractivity contribution in [2.75, 3.05) is 0 Å². The summed E-state index contributed by atoms with van der Waals surface area (Å²) in [5.41, 5.74) is 0. The molecule has 0 N–H and O–H groups in total. The predicted octanol–water partition coefficient (Wildman–Crippen LogP) is 2.49. The zero-order valence-electron chi connectivity index (χ0n) is 9.03. The number of ether oxygens (including phenoxy) is 1. The van der Waals surface area contributed by atoms with E-state index in [1.165, 1.54) is 31.2 Å². The molecule has 1 aromatic rings. The molecule has 0 saturated carbocycles. The highest BCUT2D eigenvalue weighted by atomic mass is 19.1. The van der Waals surface area contributed by atoms with Crippen molar-refractivity contribution in [3.05, 3.63) is 30.1 Å². The molecule has 0 aromatic heterocycles. The molecule has 0 unspecified atom stereocenters. The Bertz CT molecular complexity index is 370. The number of esters is 1. The minimum atomic E-state index is -0.409. The summed E-state index contributed by atoms with van der Waals surface area (Å²) in [7, 11) is 0. The van der Waals surface area contributed by atoms with Crippen LogP contribution in [0.3, 0.4) is 0 Å². The van der Waals surface area contributed by atoms with Gasteiger partial charge in [0.2, 0.25) is 0 Å². The highest BCUT2D eigenvalue weighted by Crippen LogP contribution is 2.12. The largest absolute Gasteiger partial charge is 0.427 e. The topological polar surface area (TPSA) is 43.4 Å². The summed E-state index contributed by atoms with van der Waals surface area (Å²) in [5, 5.41) is 0. The molecule has 0 aliphatic rings. The van der Waals surface area contributed by atoms with Crippen LogP contribution in [0, 0.1) is 5.82 Å². The van der Waals surface area contributed by atoms with E-state index in [4.69, 9.17) is 4.74 Å². The number of halogens is 1. The van der Waals surface area contributed by atoms with Gasteiger partial charge in [0, 0.05) is 12.8 Å². The van der Waals surface area contributed by atoms with Crippen LogP contribution < -0.4 is 4.74 Å². The molecule has 0 spiro atoms. The molecule has 0 heterocycles. The number of Topliss-reactive ketones (excluding diaryl/α,β-unsaturated/α-hetero) is 1. The molecule has 4 heteroatoms. The molecule has 0 radical (unpaired) electrons. The van der Waals surface area contributed by atoms with Gasteiger partial charge in [-0.1, -0.05) is 0 Å². The molecular formula is C12H13FO3. The standard InChI is InChI=1S/C12H13FO3/c1-9(14)3-2-4-12(15)16-11-7-5-10(13)6-8-11/h5-8H,2-4H2,1H3. The highest BCUT2D eigenvalue weighted by Gasteiger charge is 2.05. The first kappa shape index (κ1) is 12.4. The Kier molecular flexibility index (Phi) is 4.64. The van der Waals surface area contributed by atoms with Crippen LogP contribution in [0.15, 0.2) is 24.3 Å². The third-order valence-electron chi connectivity index (χ3n) is 1.96. The predicted molar refractivity (Wildman–Crippen MR) is 56.6 cm³/mol. The Balaban J connectivity index is 2.34. The quantitative estimate of drug-likeness (QED) is 0.570. The van der Waals surface area contributed by atoms with Gasteiger partial charge in [0.15, 0.2) is 0 Å². The van der Waals surface area contributed by atoms with Crippen LogP contribution in [0.1, 0.15) is 26.2 Å². The van der Waals surface area contributed by atoms with Crippen LogP contribution in [-0.4, -0.2) is 11.8 Å². The Hall–Kier alpha value is -1.71. The fourth-order valence-electron chi connectivity index (χ4n) is 1.17. The lowest BCUT2D eigenvalue weighted by Gasteiger charge is -2.03. The van der Waals surface area contributed by atoms with Crippen molar-refractivity contribution in [3.8, 4) is 5.75 Å². The van der Waals surface area contributed by atoms with Gasteiger partial charge in [0.1, 0.15) is 17.3 Å². The number of carbonyl (C=O) groups is 2. The Morgan fingerprint density at radius 3 is 2.38 bits per heavy atom. The van der Waals surface area contributed by atoms with Crippen molar-refractivity contribution in [1.82, 2.24) is 0 Å². The fraction of sp³-hybridized carbons (Fsp3) is 0.333. The van der Waals surface area contributed by atoms with Gasteiger partial charge in [-0.2, -0.15) is 0 Å². The van der Waals surface area contributed by atoms with Crippen molar-refractivity contribution in [3.63, 3.8) is 0 Å². The maximum Gasteiger partial charge on any atom is 0.311 e. The molecule has 0 fully saturated rings. The van der Waals surface area contributed by atoms with Crippen molar-refractivity contribution < 1.29 is 18.7 Å². The maximum atomic E-state index is 12.5. The van der Waals surface area contributed by atoms with Crippen LogP contribution >= 0.6 is 0 Å². The molecule has 0 bridgehead atoms. The third-order valence-corrected chi connectivity index (χ3v) is 1.96. The second-order valence-corrected chi connectivity index (χ2v) is 3.48. The first-order valence-corrected chi connectivity index (χ1v) is 5.03. The summed E-state index contributed by atoms with van der Waals surface area (Å²) in [6.45, 7) is 1.48. The van der Waals surface area contributed by atoms with Gasteiger partial charge in [0.05, 0.1) is 0 Å². The van der Waals surface area contributed by atoms with Gasteiger partial charge in [0.25, 0.3) is 0 Å². The van der Waals surface area contributed by atoms with E-state index in [1.54, 1.807) is 0 Å². The summed E-state index contributed by atoms with van der Waals surface area (Å²) in [6, 6.07) is 5.22. The maximum absolute atomic E-state index is 12.5. The summed E-state index contributed by atoms with van der Waals surface area (Å²) >= 11 is 0. The number of carbonyl (C=O) groups excluding carboxylic acids is 2. The lowest BCUT2D eigenvalue weighted by Crippen LogP contribution is -2.08. The second-order valence-electron chi connectivity index (χ2n) is 3.48. The van der Waals surface area contributed by atoms with Gasteiger partial charge in [-0.3, -0.25) is 4.79 Å². The third kappa shape index (κ3) is 4.68. The van der Waals surface area contributed by atoms with E-state index in [1.807, 2.05) is 0 Å². The van der Waals surface area contributed by atoms with E-state index in [-0.39, 0.29) is 18.0 Å². The number of hydrogen-bond acceptors (Lipinski definition) is 3. The van der Waals surface area contributed by atoms with E-state index < -0.39 is 5.97 Å². The summed E-state index contributed by atoms with van der Waals surface area (Å²) in [5.74, 6) is -0.423. The first-order valence-electron chi connectivity index (χ1n) is 5.03. The van der Waals surface area contributed by atoms with Crippen molar-refractivity contribution in [1.29, 1.82) is 0 Å². The lowest BCUT2D eigenvalue weighted by molar-refractivity contribution is -0.134. The van der Waals surface area contributed by atoms with Crippen LogP contribution in [0.5, 0.6) is 5.75 Å². The molecule has 1 aromatic carbocycles. The van der Waals surface area contributed by atoms with Crippen LogP contribution in [0.2, 0.25) is 0 Å². The van der Waals surface area contributed by atoms with E-state index in [2.05, 4.69) is 0 Å². The SMILES string of the molecule is CC(=O)CCCC(=O)Oc1ccc(F)cc1. The van der Waals surface area contributed by atoms with Crippen molar-refractivity contribution in [2.45, 2.75) is 26.2 Å². The molecule has 0 atom stereocenters. The first-order chi connectivity index (χ1) is 7.58. The van der Waals surface area contributed by atoms with Crippen molar-refractivity contribution >= 4 is 11.8 Å². The molecule has 0 aliphatic heterocycles. The smallest absolute Gasteiger partial charge is 0.311 e. The van der Waals surface area contributed by atoms with Gasteiger partial charge in [-0.25, -0.2) is 4.39 Å². The number of ketones is 1. The van der Waals surface area contributed by atoms with Gasteiger partial charge in [-0.05, 0) is 37.6 Å². The second kappa shape index (κ2) is 6.00. The summed E-state index contributed by atoms with van der Waals surface area (Å²) in [4.78, 5) is 21.9. The number of hydrogen-bond donors (Lipinski definition) is 0. The Labute approximate surface area is 93.2 Å². The Morgan fingerprint density at radius 2 is 1.81 bits per heavy atom. The fourth-order valence-corrected chi connectivity index (χ4v) is 1.17. The zero-order chi connectivity index (χ0) is 12.0. The molecular weight excluding hydrogens is 211 g/mol. The number of benzene rings is 1. The molecule has 0 saturated heterocycles. The molecule has 0 aliphatic carbocycles.